The van der Waals surface area contributed by atoms with E-state index in [1.807, 2.05) is 18.2 Å². The van der Waals surface area contributed by atoms with Crippen molar-refractivity contribution in [1.29, 1.82) is 0 Å². The number of carboxylic acid groups (broad SMARTS) is 1. The van der Waals surface area contributed by atoms with E-state index >= 15 is 0 Å². The quantitative estimate of drug-likeness (QED) is 0.786. The van der Waals surface area contributed by atoms with Gasteiger partial charge in [-0.1, -0.05) is 30.3 Å². The predicted octanol–water partition coefficient (Wildman–Crippen LogP) is 2.64. The standard InChI is InChI=1S/C20H23NO5S/c1-14(2)27(25,26)17-11-9-16(10-12-17)19(22)21(3)18(20(23)24)13-15-7-5-4-6-8-15/h4-12,14,18H,13H2,1-3H3,(H,23,24). The Morgan fingerprint density at radius 2 is 1.56 bits per heavy atom. The fourth-order valence-electron chi connectivity index (χ4n) is 2.63. The van der Waals surface area contributed by atoms with Gasteiger partial charge in [-0.3, -0.25) is 4.79 Å². The van der Waals surface area contributed by atoms with E-state index < -0.39 is 33.0 Å². The maximum Gasteiger partial charge on any atom is 0.326 e. The Bertz CT molecular complexity index is 905. The number of hydrogen-bond acceptors (Lipinski definition) is 4. The van der Waals surface area contributed by atoms with Crippen LogP contribution in [0.2, 0.25) is 0 Å². The van der Waals surface area contributed by atoms with Crippen LogP contribution in [0.5, 0.6) is 0 Å². The minimum Gasteiger partial charge on any atom is -0.480 e. The number of amides is 1. The van der Waals surface area contributed by atoms with Crippen LogP contribution in [0.1, 0.15) is 29.8 Å². The third kappa shape index (κ3) is 4.74. The van der Waals surface area contributed by atoms with Crippen LogP contribution in [0.15, 0.2) is 59.5 Å². The molecule has 1 atom stereocenters. The van der Waals surface area contributed by atoms with Gasteiger partial charge < -0.3 is 10.0 Å². The molecule has 0 aliphatic heterocycles. The number of nitrogens with zero attached hydrogens (tertiary/aromatic N) is 1. The van der Waals surface area contributed by atoms with E-state index in [0.717, 1.165) is 5.56 Å². The number of carbonyl (C=O) groups is 2. The highest BCUT2D eigenvalue weighted by Crippen LogP contribution is 2.18. The molecular weight excluding hydrogens is 366 g/mol. The second-order valence-corrected chi connectivity index (χ2v) is 9.08. The third-order valence-corrected chi connectivity index (χ3v) is 6.57. The number of sulfone groups is 1. The molecule has 0 saturated heterocycles. The minimum absolute atomic E-state index is 0.135. The first-order valence-electron chi connectivity index (χ1n) is 8.52. The highest BCUT2D eigenvalue weighted by Gasteiger charge is 2.28. The van der Waals surface area contributed by atoms with Crippen LogP contribution in [-0.2, 0) is 21.1 Å². The Labute approximate surface area is 159 Å². The summed E-state index contributed by atoms with van der Waals surface area (Å²) >= 11 is 0. The molecule has 0 saturated carbocycles. The Kier molecular flexibility index (Phi) is 6.38. The van der Waals surface area contributed by atoms with Gasteiger partial charge in [0.15, 0.2) is 9.84 Å². The van der Waals surface area contributed by atoms with Crippen molar-refractivity contribution in [1.82, 2.24) is 4.90 Å². The smallest absolute Gasteiger partial charge is 0.326 e. The van der Waals surface area contributed by atoms with Crippen molar-refractivity contribution in [3.8, 4) is 0 Å². The number of rotatable bonds is 7. The van der Waals surface area contributed by atoms with Crippen molar-refractivity contribution in [2.45, 2.75) is 36.5 Å². The Morgan fingerprint density at radius 1 is 1.00 bits per heavy atom. The fourth-order valence-corrected chi connectivity index (χ4v) is 3.69. The summed E-state index contributed by atoms with van der Waals surface area (Å²) in [6.07, 6.45) is 0.179. The number of likely N-dealkylation sites (N-methyl/N-ethyl adjacent to an activating group) is 1. The Hall–Kier alpha value is -2.67. The van der Waals surface area contributed by atoms with Gasteiger partial charge in [-0.25, -0.2) is 13.2 Å². The van der Waals surface area contributed by atoms with E-state index in [1.54, 1.807) is 26.0 Å². The van der Waals surface area contributed by atoms with Gasteiger partial charge in [-0.2, -0.15) is 0 Å². The van der Waals surface area contributed by atoms with Gasteiger partial charge in [-0.05, 0) is 43.7 Å². The summed E-state index contributed by atoms with van der Waals surface area (Å²) < 4.78 is 24.3. The Balaban J connectivity index is 2.23. The molecule has 144 valence electrons. The van der Waals surface area contributed by atoms with E-state index in [4.69, 9.17) is 0 Å². The summed E-state index contributed by atoms with van der Waals surface area (Å²) in [6.45, 7) is 3.17. The van der Waals surface area contributed by atoms with E-state index in [2.05, 4.69) is 0 Å². The number of hydrogen-bond donors (Lipinski definition) is 1. The largest absolute Gasteiger partial charge is 0.480 e. The number of carboxylic acids is 1. The molecule has 6 nitrogen and oxygen atoms in total. The van der Waals surface area contributed by atoms with Gasteiger partial charge in [0.1, 0.15) is 6.04 Å². The molecule has 2 aromatic carbocycles. The van der Waals surface area contributed by atoms with Crippen LogP contribution in [0.4, 0.5) is 0 Å². The summed E-state index contributed by atoms with van der Waals surface area (Å²) in [4.78, 5) is 25.7. The van der Waals surface area contributed by atoms with Gasteiger partial charge in [0, 0.05) is 19.0 Å². The number of aliphatic carboxylic acids is 1. The van der Waals surface area contributed by atoms with Gasteiger partial charge >= 0.3 is 5.97 Å². The zero-order valence-corrected chi connectivity index (χ0v) is 16.3. The molecule has 0 fully saturated rings. The van der Waals surface area contributed by atoms with Crippen LogP contribution in [0, 0.1) is 0 Å². The molecule has 2 aromatic rings. The summed E-state index contributed by atoms with van der Waals surface area (Å²) in [5.74, 6) is -1.58. The van der Waals surface area contributed by atoms with Gasteiger partial charge in [-0.15, -0.1) is 0 Å². The maximum absolute atomic E-state index is 12.7. The highest BCUT2D eigenvalue weighted by atomic mass is 32.2. The van der Waals surface area contributed by atoms with Gasteiger partial charge in [0.25, 0.3) is 5.91 Å². The zero-order chi connectivity index (χ0) is 20.2. The molecule has 0 heterocycles. The lowest BCUT2D eigenvalue weighted by Gasteiger charge is -2.25. The van der Waals surface area contributed by atoms with Crippen molar-refractivity contribution in [3.63, 3.8) is 0 Å². The molecule has 1 unspecified atom stereocenters. The van der Waals surface area contributed by atoms with E-state index in [0.29, 0.717) is 0 Å². The number of benzene rings is 2. The van der Waals surface area contributed by atoms with Crippen molar-refractivity contribution >= 4 is 21.7 Å². The molecule has 1 amide bonds. The Morgan fingerprint density at radius 3 is 2.04 bits per heavy atom. The van der Waals surface area contributed by atoms with Gasteiger partial charge in [0.2, 0.25) is 0 Å². The van der Waals surface area contributed by atoms with E-state index in [-0.39, 0.29) is 16.9 Å². The maximum atomic E-state index is 12.7. The van der Waals surface area contributed by atoms with E-state index in [1.165, 1.54) is 36.2 Å². The second kappa shape index (κ2) is 8.35. The first-order chi connectivity index (χ1) is 12.6. The third-order valence-electron chi connectivity index (χ3n) is 4.40. The molecule has 7 heteroatoms. The number of carbonyl (C=O) groups excluding carboxylic acids is 1. The fraction of sp³-hybridized carbons (Fsp3) is 0.300. The molecular formula is C20H23NO5S. The normalized spacial score (nSPS) is 12.6. The van der Waals surface area contributed by atoms with Crippen LogP contribution < -0.4 is 0 Å². The summed E-state index contributed by atoms with van der Waals surface area (Å²) in [5.41, 5.74) is 1.04. The molecule has 2 rings (SSSR count). The molecule has 0 aromatic heterocycles. The van der Waals surface area contributed by atoms with Crippen LogP contribution in [0.3, 0.4) is 0 Å². The van der Waals surface area contributed by atoms with Crippen LogP contribution in [-0.4, -0.2) is 48.6 Å². The van der Waals surface area contributed by atoms with Gasteiger partial charge in [0.05, 0.1) is 10.1 Å². The van der Waals surface area contributed by atoms with Crippen LogP contribution >= 0.6 is 0 Å². The first kappa shape index (κ1) is 20.6. The summed E-state index contributed by atoms with van der Waals surface area (Å²) in [7, 11) is -2.00. The SMILES string of the molecule is CC(C)S(=O)(=O)c1ccc(C(=O)N(C)C(Cc2ccccc2)C(=O)O)cc1. The molecule has 0 aliphatic rings. The van der Waals surface area contributed by atoms with Crippen molar-refractivity contribution in [3.05, 3.63) is 65.7 Å². The van der Waals surface area contributed by atoms with Crippen LogP contribution in [0.25, 0.3) is 0 Å². The second-order valence-electron chi connectivity index (χ2n) is 6.58. The monoisotopic (exact) mass is 389 g/mol. The molecule has 27 heavy (non-hydrogen) atoms. The molecule has 0 radical (unpaired) electrons. The lowest BCUT2D eigenvalue weighted by molar-refractivity contribution is -0.141. The van der Waals surface area contributed by atoms with E-state index in [9.17, 15) is 23.1 Å². The summed E-state index contributed by atoms with van der Waals surface area (Å²) in [5, 5.41) is 8.97. The molecule has 0 bridgehead atoms. The predicted molar refractivity (Wildman–Crippen MR) is 102 cm³/mol. The zero-order valence-electron chi connectivity index (χ0n) is 15.5. The average Bonchev–Trinajstić information content (AvgIpc) is 2.65. The average molecular weight is 389 g/mol. The topological polar surface area (TPSA) is 91.8 Å². The van der Waals surface area contributed by atoms with Crippen molar-refractivity contribution in [2.75, 3.05) is 7.05 Å². The molecule has 0 spiro atoms. The molecule has 1 N–H and O–H groups in total. The van der Waals surface area contributed by atoms with Crippen molar-refractivity contribution in [2.24, 2.45) is 0 Å². The minimum atomic E-state index is -3.43. The lowest BCUT2D eigenvalue weighted by atomic mass is 10.0. The highest BCUT2D eigenvalue weighted by molar-refractivity contribution is 7.92. The molecule has 0 aliphatic carbocycles. The first-order valence-corrected chi connectivity index (χ1v) is 10.1. The summed E-state index contributed by atoms with van der Waals surface area (Å²) in [6, 6.07) is 13.6. The lowest BCUT2D eigenvalue weighted by Crippen LogP contribution is -2.43. The van der Waals surface area contributed by atoms with Crippen molar-refractivity contribution < 1.29 is 23.1 Å².